The Morgan fingerprint density at radius 2 is 1.86 bits per heavy atom. The van der Waals surface area contributed by atoms with Crippen molar-refractivity contribution in [2.45, 2.75) is 53.1 Å². The lowest BCUT2D eigenvalue weighted by molar-refractivity contribution is -0.154. The Morgan fingerprint density at radius 1 is 1.21 bits per heavy atom. The molecule has 2 bridgehead atoms. The third-order valence-electron chi connectivity index (χ3n) is 6.88. The topological polar surface area (TPSA) is 86.2 Å². The van der Waals surface area contributed by atoms with Crippen LogP contribution in [0.2, 0.25) is 0 Å². The first-order valence-electron chi connectivity index (χ1n) is 10.0. The second-order valence-electron chi connectivity index (χ2n) is 8.63. The minimum absolute atomic E-state index is 0.0162. The van der Waals surface area contributed by atoms with Crippen LogP contribution in [0.1, 0.15) is 47.0 Å². The number of methoxy groups -OCH3 is 1. The molecule has 0 heterocycles. The van der Waals surface area contributed by atoms with Gasteiger partial charge in [-0.1, -0.05) is 20.8 Å². The zero-order valence-electron chi connectivity index (χ0n) is 17.8. The van der Waals surface area contributed by atoms with Crippen molar-refractivity contribution >= 4 is 17.6 Å². The van der Waals surface area contributed by atoms with E-state index >= 15 is 0 Å². The van der Waals surface area contributed by atoms with E-state index in [0.29, 0.717) is 17.4 Å². The molecule has 2 aliphatic carbocycles. The van der Waals surface area contributed by atoms with Crippen molar-refractivity contribution in [1.29, 1.82) is 0 Å². The fourth-order valence-corrected chi connectivity index (χ4v) is 4.42. The number of ether oxygens (including phenoxy) is 3. The molecule has 1 aromatic carbocycles. The fourth-order valence-electron chi connectivity index (χ4n) is 4.42. The molecule has 0 saturated heterocycles. The Hall–Kier alpha value is -2.57. The molecule has 158 valence electrons. The number of nitrogens with one attached hydrogen (secondary N) is 1. The van der Waals surface area contributed by atoms with Gasteiger partial charge in [0.25, 0.3) is 5.91 Å². The number of nitrogens with zero attached hydrogens (tertiary/aromatic N) is 1. The lowest BCUT2D eigenvalue weighted by Crippen LogP contribution is -2.35. The molecule has 2 aliphatic rings. The molecule has 1 amide bonds. The predicted molar refractivity (Wildman–Crippen MR) is 109 cm³/mol. The van der Waals surface area contributed by atoms with Crippen molar-refractivity contribution < 1.29 is 23.8 Å². The van der Waals surface area contributed by atoms with E-state index in [-0.39, 0.29) is 10.8 Å². The average Bonchev–Trinajstić information content (AvgIpc) is 3.04. The summed E-state index contributed by atoms with van der Waals surface area (Å²) in [4.78, 5) is 24.2. The molecule has 1 aromatic rings. The second kappa shape index (κ2) is 8.05. The molecule has 1 N–H and O–H groups in total. The van der Waals surface area contributed by atoms with E-state index in [4.69, 9.17) is 14.2 Å². The van der Waals surface area contributed by atoms with Gasteiger partial charge in [0.1, 0.15) is 11.5 Å². The lowest BCUT2D eigenvalue weighted by Gasteiger charge is -2.34. The largest absolute Gasteiger partial charge is 0.497 e. The molecular formula is C22H30N2O5. The lowest BCUT2D eigenvalue weighted by atomic mass is 9.70. The highest BCUT2D eigenvalue weighted by Gasteiger charge is 2.60. The van der Waals surface area contributed by atoms with Crippen LogP contribution in [0.4, 0.5) is 0 Å². The summed E-state index contributed by atoms with van der Waals surface area (Å²) < 4.78 is 15.7. The molecule has 2 saturated carbocycles. The number of amides is 1. The van der Waals surface area contributed by atoms with Crippen LogP contribution in [0.5, 0.6) is 11.5 Å². The molecule has 7 nitrogen and oxygen atoms in total. The van der Waals surface area contributed by atoms with Crippen molar-refractivity contribution in [3.8, 4) is 11.5 Å². The zero-order chi connectivity index (χ0) is 21.2. The fraction of sp³-hybridized carbons (Fsp3) is 0.591. The maximum atomic E-state index is 12.1. The molecule has 0 aromatic heterocycles. The van der Waals surface area contributed by atoms with Crippen LogP contribution in [0.3, 0.4) is 0 Å². The number of hydrogen-bond donors (Lipinski definition) is 1. The third-order valence-corrected chi connectivity index (χ3v) is 6.88. The summed E-state index contributed by atoms with van der Waals surface area (Å²) >= 11 is 0. The van der Waals surface area contributed by atoms with Crippen LogP contribution >= 0.6 is 0 Å². The Balaban J connectivity index is 1.46. The van der Waals surface area contributed by atoms with Crippen molar-refractivity contribution in [3.05, 3.63) is 24.3 Å². The van der Waals surface area contributed by atoms with Gasteiger partial charge in [0.2, 0.25) is 0 Å². The van der Waals surface area contributed by atoms with E-state index < -0.39 is 24.6 Å². The van der Waals surface area contributed by atoms with E-state index in [1.165, 1.54) is 6.42 Å². The minimum Gasteiger partial charge on any atom is -0.497 e. The molecule has 0 spiro atoms. The van der Waals surface area contributed by atoms with E-state index in [1.54, 1.807) is 38.3 Å². The van der Waals surface area contributed by atoms with Gasteiger partial charge in [0.15, 0.2) is 12.7 Å². The smallest absolute Gasteiger partial charge is 0.347 e. The van der Waals surface area contributed by atoms with Crippen LogP contribution < -0.4 is 14.9 Å². The first kappa shape index (κ1) is 21.1. The maximum Gasteiger partial charge on any atom is 0.347 e. The maximum absolute atomic E-state index is 12.1. The van der Waals surface area contributed by atoms with Crippen molar-refractivity contribution in [2.75, 3.05) is 13.7 Å². The van der Waals surface area contributed by atoms with Gasteiger partial charge in [-0.3, -0.25) is 4.79 Å². The van der Waals surface area contributed by atoms with Gasteiger partial charge >= 0.3 is 5.97 Å². The SMILES string of the molecule is COc1ccc(OC(C)C(=O)OCC(=O)N/N=C2\CC3CCC2(C)C3(C)C)cc1. The normalized spacial score (nSPS) is 26.8. The van der Waals surface area contributed by atoms with E-state index in [1.807, 2.05) is 0 Å². The van der Waals surface area contributed by atoms with Crippen LogP contribution in [-0.2, 0) is 14.3 Å². The summed E-state index contributed by atoms with van der Waals surface area (Å²) in [5.74, 6) is 0.747. The van der Waals surface area contributed by atoms with Gasteiger partial charge in [-0.05, 0) is 61.8 Å². The number of hydrogen-bond acceptors (Lipinski definition) is 6. The summed E-state index contributed by atoms with van der Waals surface area (Å²) in [6.07, 6.45) is 2.37. The summed E-state index contributed by atoms with van der Waals surface area (Å²) in [7, 11) is 1.57. The number of carbonyl (C=O) groups is 2. The molecule has 2 fully saturated rings. The Kier molecular flexibility index (Phi) is 5.87. The van der Waals surface area contributed by atoms with Crippen molar-refractivity contribution in [3.63, 3.8) is 0 Å². The van der Waals surface area contributed by atoms with Crippen LogP contribution in [0, 0.1) is 16.7 Å². The summed E-state index contributed by atoms with van der Waals surface area (Å²) in [5.41, 5.74) is 3.79. The number of hydrazone groups is 1. The summed E-state index contributed by atoms with van der Waals surface area (Å²) in [5, 5.41) is 4.36. The van der Waals surface area contributed by atoms with Gasteiger partial charge in [-0.25, -0.2) is 10.2 Å². The highest BCUT2D eigenvalue weighted by atomic mass is 16.6. The third kappa shape index (κ3) is 4.09. The predicted octanol–water partition coefficient (Wildman–Crippen LogP) is 3.32. The number of esters is 1. The molecule has 0 aliphatic heterocycles. The Morgan fingerprint density at radius 3 is 2.41 bits per heavy atom. The molecular weight excluding hydrogens is 372 g/mol. The van der Waals surface area contributed by atoms with Gasteiger partial charge in [0, 0.05) is 11.1 Å². The van der Waals surface area contributed by atoms with Crippen molar-refractivity contribution in [1.82, 2.24) is 5.43 Å². The van der Waals surface area contributed by atoms with Crippen LogP contribution in [-0.4, -0.2) is 37.4 Å². The van der Waals surface area contributed by atoms with Crippen LogP contribution in [0.25, 0.3) is 0 Å². The summed E-state index contributed by atoms with van der Waals surface area (Å²) in [6, 6.07) is 6.86. The average molecular weight is 402 g/mol. The highest BCUT2D eigenvalue weighted by Crippen LogP contribution is 2.63. The number of rotatable bonds is 7. The molecule has 3 unspecified atom stereocenters. The number of benzene rings is 1. The quantitative estimate of drug-likeness (QED) is 0.558. The number of carbonyl (C=O) groups excluding carboxylic acids is 2. The zero-order valence-corrected chi connectivity index (χ0v) is 17.8. The van der Waals surface area contributed by atoms with Gasteiger partial charge in [-0.2, -0.15) is 5.10 Å². The monoisotopic (exact) mass is 402 g/mol. The standard InChI is InChI=1S/C22H30N2O5/c1-14(29-17-8-6-16(27-5)7-9-17)20(26)28-13-19(25)24-23-18-12-15-10-11-22(18,4)21(15,2)3/h6-9,14-15H,10-13H2,1-5H3,(H,24,25)/b23-18+. The van der Waals surface area contributed by atoms with Crippen LogP contribution in [0.15, 0.2) is 29.4 Å². The first-order valence-corrected chi connectivity index (χ1v) is 10.0. The van der Waals surface area contributed by atoms with Crippen molar-refractivity contribution in [2.24, 2.45) is 21.8 Å². The van der Waals surface area contributed by atoms with E-state index in [2.05, 4.69) is 31.3 Å². The number of fused-ring (bicyclic) bond motifs is 2. The molecule has 7 heteroatoms. The highest BCUT2D eigenvalue weighted by molar-refractivity contribution is 5.95. The second-order valence-corrected chi connectivity index (χ2v) is 8.63. The van der Waals surface area contributed by atoms with Gasteiger partial charge in [-0.15, -0.1) is 0 Å². The molecule has 3 rings (SSSR count). The Bertz CT molecular complexity index is 802. The van der Waals surface area contributed by atoms with Gasteiger partial charge in [0.05, 0.1) is 7.11 Å². The van der Waals surface area contributed by atoms with E-state index in [0.717, 1.165) is 18.6 Å². The van der Waals surface area contributed by atoms with E-state index in [9.17, 15) is 9.59 Å². The molecule has 0 radical (unpaired) electrons. The molecule has 3 atom stereocenters. The Labute approximate surface area is 171 Å². The first-order chi connectivity index (χ1) is 13.7. The molecule has 29 heavy (non-hydrogen) atoms. The minimum atomic E-state index is -0.840. The summed E-state index contributed by atoms with van der Waals surface area (Å²) in [6.45, 7) is 7.96. The van der Waals surface area contributed by atoms with Gasteiger partial charge < -0.3 is 14.2 Å².